The SMILES string of the molecule is N#C/C(=C\c1ccc(N2c3ccccc3Sc3ccccc32)s1)c1nc2ccc(Cl)cc2s1. The standard InChI is InChI=1S/C26H14ClN3S3/c27-17-9-11-19-24(14-17)33-26(29-19)16(15-28)13-18-10-12-25(31-18)30-20-5-1-3-7-22(20)32-23-8-4-2-6-21(23)30/h1-14H/b16-13+. The maximum Gasteiger partial charge on any atom is 0.135 e. The average molecular weight is 500 g/mol. The molecule has 0 spiro atoms. The van der Waals surface area contributed by atoms with Crippen molar-refractivity contribution in [2.75, 3.05) is 4.90 Å². The molecule has 1 aliphatic rings. The Balaban J connectivity index is 1.41. The molecule has 0 radical (unpaired) electrons. The zero-order chi connectivity index (χ0) is 22.4. The summed E-state index contributed by atoms with van der Waals surface area (Å²) < 4.78 is 0.976. The summed E-state index contributed by atoms with van der Waals surface area (Å²) in [6.07, 6.45) is 1.92. The molecule has 6 rings (SSSR count). The number of thiazole rings is 1. The quantitative estimate of drug-likeness (QED) is 0.228. The number of benzene rings is 3. The highest BCUT2D eigenvalue weighted by atomic mass is 35.5. The van der Waals surface area contributed by atoms with Gasteiger partial charge in [-0.05, 0) is 60.7 Å². The van der Waals surface area contributed by atoms with Crippen molar-refractivity contribution in [3.05, 3.63) is 93.8 Å². The van der Waals surface area contributed by atoms with Gasteiger partial charge in [0, 0.05) is 19.7 Å². The number of fused-ring (bicyclic) bond motifs is 3. The Labute approximate surface area is 208 Å². The largest absolute Gasteiger partial charge is 0.300 e. The van der Waals surface area contributed by atoms with E-state index < -0.39 is 0 Å². The molecule has 158 valence electrons. The Morgan fingerprint density at radius 1 is 0.909 bits per heavy atom. The molecule has 0 fully saturated rings. The molecule has 5 aromatic rings. The smallest absolute Gasteiger partial charge is 0.135 e. The van der Waals surface area contributed by atoms with Crippen LogP contribution in [0.1, 0.15) is 9.88 Å². The molecule has 2 aromatic heterocycles. The highest BCUT2D eigenvalue weighted by Gasteiger charge is 2.25. The Kier molecular flexibility index (Phi) is 5.20. The molecule has 0 aliphatic carbocycles. The van der Waals surface area contributed by atoms with E-state index in [0.29, 0.717) is 15.6 Å². The summed E-state index contributed by atoms with van der Waals surface area (Å²) in [5.74, 6) is 0. The highest BCUT2D eigenvalue weighted by Crippen LogP contribution is 2.52. The molecule has 0 N–H and O–H groups in total. The normalized spacial score (nSPS) is 13.0. The molecule has 0 bridgehead atoms. The van der Waals surface area contributed by atoms with Gasteiger partial charge in [-0.2, -0.15) is 5.26 Å². The zero-order valence-corrected chi connectivity index (χ0v) is 20.2. The van der Waals surface area contributed by atoms with Crippen LogP contribution in [0.5, 0.6) is 0 Å². The van der Waals surface area contributed by atoms with Gasteiger partial charge in [0.2, 0.25) is 0 Å². The number of thiophene rings is 1. The molecule has 0 atom stereocenters. The van der Waals surface area contributed by atoms with Gasteiger partial charge >= 0.3 is 0 Å². The second-order valence-electron chi connectivity index (χ2n) is 7.35. The molecule has 7 heteroatoms. The van der Waals surface area contributed by atoms with Crippen LogP contribution in [0.4, 0.5) is 16.4 Å². The van der Waals surface area contributed by atoms with E-state index in [1.807, 2.05) is 24.3 Å². The molecule has 0 saturated carbocycles. The lowest BCUT2D eigenvalue weighted by molar-refractivity contribution is 1.18. The third-order valence-electron chi connectivity index (χ3n) is 5.25. The van der Waals surface area contributed by atoms with Crippen molar-refractivity contribution in [2.45, 2.75) is 9.79 Å². The maximum atomic E-state index is 9.85. The van der Waals surface area contributed by atoms with Crippen LogP contribution in [0.25, 0.3) is 21.9 Å². The fourth-order valence-corrected chi connectivity index (χ4v) is 7.02. The minimum atomic E-state index is 0.552. The molecule has 0 saturated heterocycles. The van der Waals surface area contributed by atoms with Crippen molar-refractivity contribution in [3.8, 4) is 6.07 Å². The molecular formula is C26H14ClN3S3. The number of aromatic nitrogens is 1. The molecule has 3 aromatic carbocycles. The van der Waals surface area contributed by atoms with Gasteiger partial charge in [-0.3, -0.25) is 4.90 Å². The van der Waals surface area contributed by atoms with Crippen LogP contribution in [0.2, 0.25) is 5.02 Å². The van der Waals surface area contributed by atoms with E-state index in [4.69, 9.17) is 11.6 Å². The van der Waals surface area contributed by atoms with Gasteiger partial charge in [0.25, 0.3) is 0 Å². The first-order valence-electron chi connectivity index (χ1n) is 10.1. The predicted octanol–water partition coefficient (Wildman–Crippen LogP) is 9.01. The number of rotatable bonds is 3. The first-order chi connectivity index (χ1) is 16.2. The lowest BCUT2D eigenvalue weighted by Crippen LogP contribution is -2.13. The van der Waals surface area contributed by atoms with Crippen LogP contribution in [-0.2, 0) is 0 Å². The molecule has 0 unspecified atom stereocenters. The van der Waals surface area contributed by atoms with E-state index in [1.165, 1.54) is 32.5 Å². The van der Waals surface area contributed by atoms with Crippen LogP contribution in [-0.4, -0.2) is 4.98 Å². The first-order valence-corrected chi connectivity index (χ1v) is 13.0. The fourth-order valence-electron chi connectivity index (χ4n) is 3.78. The van der Waals surface area contributed by atoms with Crippen LogP contribution >= 0.6 is 46.0 Å². The summed E-state index contributed by atoms with van der Waals surface area (Å²) in [4.78, 5) is 10.4. The summed E-state index contributed by atoms with van der Waals surface area (Å²) in [5.41, 5.74) is 3.74. The number of nitrogens with zero attached hydrogens (tertiary/aromatic N) is 3. The van der Waals surface area contributed by atoms with E-state index in [0.717, 1.165) is 20.1 Å². The Hall–Kier alpha value is -3.08. The molecule has 1 aliphatic heterocycles. The van der Waals surface area contributed by atoms with E-state index in [-0.39, 0.29) is 0 Å². The molecule has 3 nitrogen and oxygen atoms in total. The van der Waals surface area contributed by atoms with Gasteiger partial charge in [-0.1, -0.05) is 47.6 Å². The van der Waals surface area contributed by atoms with Gasteiger partial charge in [0.1, 0.15) is 16.1 Å². The van der Waals surface area contributed by atoms with Crippen molar-refractivity contribution >= 4 is 84.3 Å². The monoisotopic (exact) mass is 499 g/mol. The van der Waals surface area contributed by atoms with Crippen molar-refractivity contribution < 1.29 is 0 Å². The van der Waals surface area contributed by atoms with Gasteiger partial charge < -0.3 is 0 Å². The topological polar surface area (TPSA) is 39.9 Å². The second-order valence-corrected chi connectivity index (χ2v) is 11.0. The number of para-hydroxylation sites is 2. The lowest BCUT2D eigenvalue weighted by atomic mass is 10.2. The molecule has 33 heavy (non-hydrogen) atoms. The van der Waals surface area contributed by atoms with Gasteiger partial charge in [0.15, 0.2) is 0 Å². The third-order valence-corrected chi connectivity index (χ3v) is 8.69. The van der Waals surface area contributed by atoms with Crippen molar-refractivity contribution in [1.29, 1.82) is 5.26 Å². The first kappa shape index (κ1) is 20.5. The number of hydrogen-bond donors (Lipinski definition) is 0. The van der Waals surface area contributed by atoms with E-state index in [1.54, 1.807) is 23.1 Å². The van der Waals surface area contributed by atoms with Crippen LogP contribution in [0.15, 0.2) is 88.7 Å². The summed E-state index contributed by atoms with van der Waals surface area (Å²) in [7, 11) is 0. The highest BCUT2D eigenvalue weighted by molar-refractivity contribution is 7.99. The van der Waals surface area contributed by atoms with Crippen molar-refractivity contribution in [1.82, 2.24) is 4.98 Å². The number of allylic oxidation sites excluding steroid dienone is 1. The zero-order valence-electron chi connectivity index (χ0n) is 17.0. The number of nitriles is 1. The van der Waals surface area contributed by atoms with Crippen LogP contribution < -0.4 is 4.90 Å². The van der Waals surface area contributed by atoms with Crippen molar-refractivity contribution in [3.63, 3.8) is 0 Å². The van der Waals surface area contributed by atoms with Crippen LogP contribution in [0.3, 0.4) is 0 Å². The van der Waals surface area contributed by atoms with E-state index >= 15 is 0 Å². The summed E-state index contributed by atoms with van der Waals surface area (Å²) in [6.45, 7) is 0. The van der Waals surface area contributed by atoms with E-state index in [2.05, 4.69) is 76.6 Å². The Morgan fingerprint density at radius 2 is 1.64 bits per heavy atom. The maximum absolute atomic E-state index is 9.85. The minimum absolute atomic E-state index is 0.552. The average Bonchev–Trinajstić information content (AvgIpc) is 3.47. The van der Waals surface area contributed by atoms with E-state index in [9.17, 15) is 5.26 Å². The van der Waals surface area contributed by atoms with Gasteiger partial charge in [0.05, 0.1) is 27.2 Å². The van der Waals surface area contributed by atoms with Gasteiger partial charge in [-0.15, -0.1) is 22.7 Å². The second kappa shape index (κ2) is 8.36. The molecular weight excluding hydrogens is 486 g/mol. The minimum Gasteiger partial charge on any atom is -0.300 e. The van der Waals surface area contributed by atoms with Crippen LogP contribution in [0, 0.1) is 11.3 Å². The number of halogens is 1. The van der Waals surface area contributed by atoms with Crippen molar-refractivity contribution in [2.24, 2.45) is 0 Å². The number of anilines is 3. The lowest BCUT2D eigenvalue weighted by Gasteiger charge is -2.31. The summed E-state index contributed by atoms with van der Waals surface area (Å²) in [5, 5.41) is 12.3. The Bertz CT molecular complexity index is 1550. The predicted molar refractivity (Wildman–Crippen MR) is 141 cm³/mol. The summed E-state index contributed by atoms with van der Waals surface area (Å²) in [6, 6.07) is 29.0. The Morgan fingerprint density at radius 3 is 2.36 bits per heavy atom. The molecule has 0 amide bonds. The number of hydrogen-bond acceptors (Lipinski definition) is 6. The fraction of sp³-hybridized carbons (Fsp3) is 0. The van der Waals surface area contributed by atoms with Gasteiger partial charge in [-0.25, -0.2) is 4.98 Å². The summed E-state index contributed by atoms with van der Waals surface area (Å²) >= 11 is 11.1. The molecule has 3 heterocycles. The third kappa shape index (κ3) is 3.73.